The van der Waals surface area contributed by atoms with Gasteiger partial charge in [0.2, 0.25) is 0 Å². The Morgan fingerprint density at radius 1 is 1.37 bits per heavy atom. The largest absolute Gasteiger partial charge is 0.465 e. The second-order valence-corrected chi connectivity index (χ2v) is 5.95. The number of hydrogen-bond donors (Lipinski definition) is 0. The van der Waals surface area contributed by atoms with Gasteiger partial charge in [0.1, 0.15) is 11.5 Å². The summed E-state index contributed by atoms with van der Waals surface area (Å²) in [5, 5.41) is 0.318. The second-order valence-electron chi connectivity index (χ2n) is 3.86. The highest BCUT2D eigenvalue weighted by Gasteiger charge is 2.30. The summed E-state index contributed by atoms with van der Waals surface area (Å²) in [6.45, 7) is 5.36. The second kappa shape index (κ2) is 7.43. The minimum absolute atomic E-state index is 0.0119. The van der Waals surface area contributed by atoms with E-state index >= 15 is 0 Å². The number of carbonyl (C=O) groups excluding carboxylic acids is 1. The first-order chi connectivity index (χ1) is 9.01. The van der Waals surface area contributed by atoms with Gasteiger partial charge in [-0.3, -0.25) is 9.36 Å². The van der Waals surface area contributed by atoms with E-state index < -0.39 is 7.60 Å². The molecule has 0 bridgehead atoms. The molecule has 0 aliphatic rings. The normalized spacial score (nSPS) is 12.7. The molecular weight excluding hydrogens is 267 g/mol. The summed E-state index contributed by atoms with van der Waals surface area (Å²) in [4.78, 5) is 11.3. The summed E-state index contributed by atoms with van der Waals surface area (Å²) < 4.78 is 28.4. The number of allylic oxidation sites excluding steroid dienone is 1. The van der Waals surface area contributed by atoms with Crippen LogP contribution in [0.3, 0.4) is 0 Å². The van der Waals surface area contributed by atoms with Crippen LogP contribution in [-0.4, -0.2) is 19.0 Å². The molecule has 106 valence electrons. The van der Waals surface area contributed by atoms with E-state index in [0.717, 1.165) is 0 Å². The lowest BCUT2D eigenvalue weighted by molar-refractivity contribution is -0.116. The third-order valence-corrected chi connectivity index (χ3v) is 4.42. The third kappa shape index (κ3) is 4.78. The lowest BCUT2D eigenvalue weighted by Crippen LogP contribution is -2.02. The van der Waals surface area contributed by atoms with Crippen molar-refractivity contribution in [3.05, 3.63) is 29.5 Å². The minimum Gasteiger partial charge on any atom is -0.465 e. The highest BCUT2D eigenvalue weighted by atomic mass is 31.2. The van der Waals surface area contributed by atoms with E-state index in [1.54, 1.807) is 32.1 Å². The number of Topliss-reactive ketones (excluding diaryl/α,β-unsaturated/α-hetero) is 1. The van der Waals surface area contributed by atoms with Gasteiger partial charge in [0.15, 0.2) is 0 Å². The Morgan fingerprint density at radius 2 is 2.00 bits per heavy atom. The number of rotatable bonds is 8. The molecule has 0 spiro atoms. The first-order valence-electron chi connectivity index (χ1n) is 6.15. The van der Waals surface area contributed by atoms with Crippen molar-refractivity contribution in [2.24, 2.45) is 0 Å². The number of ketones is 1. The molecule has 0 fully saturated rings. The van der Waals surface area contributed by atoms with Crippen LogP contribution in [0.4, 0.5) is 0 Å². The van der Waals surface area contributed by atoms with E-state index in [2.05, 4.69) is 0 Å². The van der Waals surface area contributed by atoms with Gasteiger partial charge in [0.25, 0.3) is 0 Å². The molecule has 0 saturated heterocycles. The van der Waals surface area contributed by atoms with Crippen LogP contribution in [0.15, 0.2) is 28.1 Å². The van der Waals surface area contributed by atoms with Crippen molar-refractivity contribution in [1.82, 2.24) is 0 Å². The fourth-order valence-electron chi connectivity index (χ4n) is 1.56. The molecule has 0 aromatic carbocycles. The molecule has 0 radical (unpaired) electrons. The Hall–Kier alpha value is -1.16. The highest BCUT2D eigenvalue weighted by molar-refractivity contribution is 7.58. The summed E-state index contributed by atoms with van der Waals surface area (Å²) in [5.41, 5.74) is 0. The Labute approximate surface area is 113 Å². The molecule has 1 rings (SSSR count). The Bertz CT molecular complexity index is 465. The van der Waals surface area contributed by atoms with Crippen molar-refractivity contribution in [1.29, 1.82) is 0 Å². The molecule has 0 aliphatic carbocycles. The molecule has 0 aliphatic heterocycles. The van der Waals surface area contributed by atoms with Crippen LogP contribution in [0.25, 0.3) is 6.08 Å². The van der Waals surface area contributed by atoms with Crippen LogP contribution >= 0.6 is 7.60 Å². The molecule has 0 saturated carbocycles. The van der Waals surface area contributed by atoms with E-state index in [1.165, 1.54) is 13.2 Å². The predicted molar refractivity (Wildman–Crippen MR) is 72.8 cm³/mol. The Balaban J connectivity index is 3.13. The maximum absolute atomic E-state index is 12.7. The van der Waals surface area contributed by atoms with Crippen molar-refractivity contribution in [2.75, 3.05) is 13.2 Å². The molecule has 0 N–H and O–H groups in total. The van der Waals surface area contributed by atoms with Crippen LogP contribution < -0.4 is 0 Å². The molecule has 0 amide bonds. The molecule has 1 aromatic heterocycles. The van der Waals surface area contributed by atoms with Gasteiger partial charge in [-0.25, -0.2) is 0 Å². The van der Waals surface area contributed by atoms with Gasteiger partial charge in [0, 0.05) is 6.42 Å². The smallest absolute Gasteiger partial charge is 0.357 e. The molecule has 19 heavy (non-hydrogen) atoms. The highest BCUT2D eigenvalue weighted by Crippen LogP contribution is 2.57. The first kappa shape index (κ1) is 15.9. The van der Waals surface area contributed by atoms with Gasteiger partial charge in [-0.1, -0.05) is 0 Å². The first-order valence-corrected chi connectivity index (χ1v) is 7.69. The van der Waals surface area contributed by atoms with Gasteiger partial charge >= 0.3 is 7.60 Å². The molecule has 6 heteroatoms. The molecule has 1 aromatic rings. The fraction of sp³-hybridized carbons (Fsp3) is 0.462. The number of carbonyl (C=O) groups is 1. The maximum Gasteiger partial charge on any atom is 0.357 e. The van der Waals surface area contributed by atoms with Crippen molar-refractivity contribution in [2.45, 2.75) is 27.2 Å². The van der Waals surface area contributed by atoms with Gasteiger partial charge in [-0.15, -0.1) is 0 Å². The standard InChI is InChI=1S/C13H19O5P/c1-4-17-19(15,18-5-2)13(9-11(3)14)10-12-7-6-8-16-12/h6-8,10H,4-5,9H2,1-3H3/b13-10-. The number of furan rings is 1. The monoisotopic (exact) mass is 286 g/mol. The van der Waals surface area contributed by atoms with Crippen LogP contribution in [0, 0.1) is 0 Å². The summed E-state index contributed by atoms with van der Waals surface area (Å²) >= 11 is 0. The van der Waals surface area contributed by atoms with Crippen molar-refractivity contribution in [3.63, 3.8) is 0 Å². The minimum atomic E-state index is -3.44. The van der Waals surface area contributed by atoms with Crippen LogP contribution in [-0.2, 0) is 18.4 Å². The SMILES string of the molecule is CCOP(=O)(OCC)/C(=C\c1ccco1)CC(C)=O. The molecule has 5 nitrogen and oxygen atoms in total. The molecule has 0 atom stereocenters. The average molecular weight is 286 g/mol. The van der Waals surface area contributed by atoms with E-state index in [0.29, 0.717) is 11.1 Å². The van der Waals surface area contributed by atoms with Gasteiger partial charge in [0.05, 0.1) is 24.8 Å². The van der Waals surface area contributed by atoms with Crippen molar-refractivity contribution in [3.8, 4) is 0 Å². The topological polar surface area (TPSA) is 65.7 Å². The molecule has 1 heterocycles. The Kier molecular flexibility index (Phi) is 6.22. The fourth-order valence-corrected chi connectivity index (χ4v) is 3.35. The summed E-state index contributed by atoms with van der Waals surface area (Å²) in [6.07, 6.45) is 3.06. The van der Waals surface area contributed by atoms with Gasteiger partial charge in [-0.2, -0.15) is 0 Å². The van der Waals surface area contributed by atoms with Crippen molar-refractivity contribution >= 4 is 19.5 Å². The third-order valence-electron chi connectivity index (χ3n) is 2.23. The quantitative estimate of drug-likeness (QED) is 0.679. The lowest BCUT2D eigenvalue weighted by atomic mass is 10.2. The van der Waals surface area contributed by atoms with Crippen LogP contribution in [0.5, 0.6) is 0 Å². The van der Waals surface area contributed by atoms with E-state index in [1.807, 2.05) is 0 Å². The Morgan fingerprint density at radius 3 is 2.42 bits per heavy atom. The van der Waals surface area contributed by atoms with Gasteiger partial charge < -0.3 is 13.5 Å². The van der Waals surface area contributed by atoms with Crippen LogP contribution in [0.2, 0.25) is 0 Å². The molecular formula is C13H19O5P. The van der Waals surface area contributed by atoms with E-state index in [9.17, 15) is 9.36 Å². The number of hydrogen-bond acceptors (Lipinski definition) is 5. The summed E-state index contributed by atoms with van der Waals surface area (Å²) in [5.74, 6) is 0.397. The van der Waals surface area contributed by atoms with Gasteiger partial charge in [-0.05, 0) is 39.0 Å². The van der Waals surface area contributed by atoms with E-state index in [4.69, 9.17) is 13.5 Å². The zero-order chi connectivity index (χ0) is 14.3. The maximum atomic E-state index is 12.7. The van der Waals surface area contributed by atoms with Crippen LogP contribution in [0.1, 0.15) is 33.0 Å². The predicted octanol–water partition coefficient (Wildman–Crippen LogP) is 3.87. The average Bonchev–Trinajstić information content (AvgIpc) is 2.81. The zero-order valence-electron chi connectivity index (χ0n) is 11.4. The molecule has 0 unspecified atom stereocenters. The summed E-state index contributed by atoms with van der Waals surface area (Å²) in [7, 11) is -3.44. The van der Waals surface area contributed by atoms with E-state index in [-0.39, 0.29) is 25.4 Å². The lowest BCUT2D eigenvalue weighted by Gasteiger charge is -2.19. The van der Waals surface area contributed by atoms with Crippen molar-refractivity contribution < 1.29 is 22.8 Å². The summed E-state index contributed by atoms with van der Waals surface area (Å²) in [6, 6.07) is 3.42. The zero-order valence-corrected chi connectivity index (χ0v) is 12.3.